The van der Waals surface area contributed by atoms with Crippen LogP contribution in [-0.4, -0.2) is 31.4 Å². The summed E-state index contributed by atoms with van der Waals surface area (Å²) in [5.41, 5.74) is 2.24. The maximum Gasteiger partial charge on any atom is 0.335 e. The van der Waals surface area contributed by atoms with Gasteiger partial charge in [0.2, 0.25) is 0 Å². The smallest absolute Gasteiger partial charge is 0.335 e. The Labute approximate surface area is 127 Å². The van der Waals surface area contributed by atoms with Gasteiger partial charge in [-0.25, -0.2) is 4.79 Å². The molecule has 1 aromatic rings. The Bertz CT molecular complexity index is 596. The van der Waals surface area contributed by atoms with Gasteiger partial charge in [0.15, 0.2) is 0 Å². The summed E-state index contributed by atoms with van der Waals surface area (Å²) in [6.45, 7) is 0. The fourth-order valence-electron chi connectivity index (χ4n) is 2.03. The van der Waals surface area contributed by atoms with Crippen molar-refractivity contribution >= 4 is 55.0 Å². The molecule has 6 heteroatoms. The predicted molar refractivity (Wildman–Crippen MR) is 80.3 cm³/mol. The summed E-state index contributed by atoms with van der Waals surface area (Å²) in [5.74, 6) is -0.700. The molecule has 1 heterocycles. The Morgan fingerprint density at radius 1 is 1.42 bits per heavy atom. The maximum absolute atomic E-state index is 12.3. The SMILES string of the molecule is COC(=O)/C(CBr)=C1/C(=O)N(C)c2ccc(Br)cc21. The number of fused-ring (bicyclic) bond motifs is 1. The predicted octanol–water partition coefficient (Wildman–Crippen LogP) is 2.75. The van der Waals surface area contributed by atoms with Crippen LogP contribution >= 0.6 is 31.9 Å². The third-order valence-corrected chi connectivity index (χ3v) is 4.03. The number of carbonyl (C=O) groups excluding carboxylic acids is 2. The minimum atomic E-state index is -0.499. The second kappa shape index (κ2) is 5.46. The zero-order chi connectivity index (χ0) is 14.2. The quantitative estimate of drug-likeness (QED) is 0.444. The van der Waals surface area contributed by atoms with E-state index in [1.54, 1.807) is 7.05 Å². The normalized spacial score (nSPS) is 16.4. The highest BCUT2D eigenvalue weighted by Crippen LogP contribution is 2.39. The van der Waals surface area contributed by atoms with Crippen molar-refractivity contribution in [3.05, 3.63) is 33.8 Å². The first-order chi connectivity index (χ1) is 9.01. The molecule has 4 nitrogen and oxygen atoms in total. The van der Waals surface area contributed by atoms with E-state index in [-0.39, 0.29) is 11.2 Å². The summed E-state index contributed by atoms with van der Waals surface area (Å²) >= 11 is 6.62. The molecule has 0 saturated heterocycles. The van der Waals surface area contributed by atoms with Gasteiger partial charge in [0.05, 0.1) is 23.9 Å². The monoisotopic (exact) mass is 387 g/mol. The number of halogens is 2. The number of alkyl halides is 1. The van der Waals surface area contributed by atoms with Gasteiger partial charge in [-0.2, -0.15) is 0 Å². The van der Waals surface area contributed by atoms with E-state index in [1.807, 2.05) is 18.2 Å². The van der Waals surface area contributed by atoms with Crippen molar-refractivity contribution in [1.82, 2.24) is 0 Å². The Hall–Kier alpha value is -1.14. The summed E-state index contributed by atoms with van der Waals surface area (Å²) in [5, 5.41) is 0.264. The summed E-state index contributed by atoms with van der Waals surface area (Å²) in [6, 6.07) is 5.53. The molecule has 0 unspecified atom stereocenters. The van der Waals surface area contributed by atoms with Crippen LogP contribution in [0, 0.1) is 0 Å². The Morgan fingerprint density at radius 2 is 2.11 bits per heavy atom. The van der Waals surface area contributed by atoms with Gasteiger partial charge in [-0.1, -0.05) is 31.9 Å². The number of carbonyl (C=O) groups is 2. The number of hydrogen-bond donors (Lipinski definition) is 0. The van der Waals surface area contributed by atoms with Crippen LogP contribution in [-0.2, 0) is 14.3 Å². The standard InChI is InChI=1S/C13H11Br2NO3/c1-16-10-4-3-7(15)5-8(10)11(12(16)17)9(6-14)13(18)19-2/h3-5H,6H2,1-2H3/b11-9+. The fraction of sp³-hybridized carbons (Fsp3) is 0.231. The van der Waals surface area contributed by atoms with Crippen LogP contribution < -0.4 is 4.90 Å². The molecule has 1 aliphatic heterocycles. The summed E-state index contributed by atoms with van der Waals surface area (Å²) < 4.78 is 5.59. The highest BCUT2D eigenvalue weighted by molar-refractivity contribution is 9.10. The molecule has 19 heavy (non-hydrogen) atoms. The average Bonchev–Trinajstić information content (AvgIpc) is 2.64. The van der Waals surface area contributed by atoms with Crippen LogP contribution in [0.3, 0.4) is 0 Å². The summed E-state index contributed by atoms with van der Waals surface area (Å²) in [4.78, 5) is 25.6. The Morgan fingerprint density at radius 3 is 2.68 bits per heavy atom. The Kier molecular flexibility index (Phi) is 4.10. The molecular formula is C13H11Br2NO3. The third-order valence-electron chi connectivity index (χ3n) is 2.97. The number of nitrogens with zero attached hydrogens (tertiary/aromatic N) is 1. The molecule has 0 aromatic heterocycles. The number of amides is 1. The number of benzene rings is 1. The van der Waals surface area contributed by atoms with Gasteiger partial charge >= 0.3 is 5.97 Å². The van der Waals surface area contributed by atoms with Crippen molar-refractivity contribution in [1.29, 1.82) is 0 Å². The zero-order valence-corrected chi connectivity index (χ0v) is 13.5. The van der Waals surface area contributed by atoms with Crippen LogP contribution in [0.4, 0.5) is 5.69 Å². The zero-order valence-electron chi connectivity index (χ0n) is 10.4. The summed E-state index contributed by atoms with van der Waals surface area (Å²) in [7, 11) is 2.99. The molecule has 1 aliphatic rings. The number of rotatable bonds is 2. The van der Waals surface area contributed by atoms with E-state index in [0.29, 0.717) is 11.1 Å². The van der Waals surface area contributed by atoms with E-state index in [4.69, 9.17) is 4.74 Å². The highest BCUT2D eigenvalue weighted by Gasteiger charge is 2.34. The van der Waals surface area contributed by atoms with Crippen molar-refractivity contribution in [3.63, 3.8) is 0 Å². The molecule has 1 aromatic carbocycles. The molecule has 0 N–H and O–H groups in total. The molecule has 0 spiro atoms. The van der Waals surface area contributed by atoms with E-state index in [2.05, 4.69) is 31.9 Å². The molecule has 0 aliphatic carbocycles. The lowest BCUT2D eigenvalue weighted by Crippen LogP contribution is -2.22. The van der Waals surface area contributed by atoms with E-state index in [1.165, 1.54) is 12.0 Å². The minimum absolute atomic E-state index is 0.201. The number of methoxy groups -OCH3 is 1. The van der Waals surface area contributed by atoms with Crippen molar-refractivity contribution in [2.24, 2.45) is 0 Å². The van der Waals surface area contributed by atoms with Gasteiger partial charge in [-0.15, -0.1) is 0 Å². The van der Waals surface area contributed by atoms with Gasteiger partial charge in [0, 0.05) is 22.4 Å². The van der Waals surface area contributed by atoms with Crippen molar-refractivity contribution in [2.75, 3.05) is 24.4 Å². The van der Waals surface area contributed by atoms with Crippen LogP contribution in [0.1, 0.15) is 5.56 Å². The first kappa shape index (κ1) is 14.3. The molecule has 0 atom stereocenters. The lowest BCUT2D eigenvalue weighted by molar-refractivity contribution is -0.136. The molecule has 0 radical (unpaired) electrons. The second-order valence-corrected chi connectivity index (χ2v) is 5.48. The molecular weight excluding hydrogens is 378 g/mol. The minimum Gasteiger partial charge on any atom is -0.466 e. The van der Waals surface area contributed by atoms with E-state index in [0.717, 1.165) is 15.7 Å². The largest absolute Gasteiger partial charge is 0.466 e. The van der Waals surface area contributed by atoms with Gasteiger partial charge < -0.3 is 9.64 Å². The van der Waals surface area contributed by atoms with Crippen LogP contribution in [0.5, 0.6) is 0 Å². The average molecular weight is 389 g/mol. The van der Waals surface area contributed by atoms with E-state index in [9.17, 15) is 9.59 Å². The highest BCUT2D eigenvalue weighted by atomic mass is 79.9. The lowest BCUT2D eigenvalue weighted by atomic mass is 10.0. The van der Waals surface area contributed by atoms with E-state index >= 15 is 0 Å². The first-order valence-corrected chi connectivity index (χ1v) is 7.38. The Balaban J connectivity index is 2.72. The van der Waals surface area contributed by atoms with Crippen LogP contribution in [0.2, 0.25) is 0 Å². The van der Waals surface area contributed by atoms with Crippen molar-refractivity contribution in [2.45, 2.75) is 0 Å². The lowest BCUT2D eigenvalue weighted by Gasteiger charge is -2.08. The number of hydrogen-bond acceptors (Lipinski definition) is 3. The van der Waals surface area contributed by atoms with Gasteiger partial charge in [0.25, 0.3) is 5.91 Å². The number of likely N-dealkylation sites (N-methyl/N-ethyl adjacent to an activating group) is 1. The van der Waals surface area contributed by atoms with Crippen molar-refractivity contribution < 1.29 is 14.3 Å². The third kappa shape index (κ3) is 2.34. The van der Waals surface area contributed by atoms with Gasteiger partial charge in [-0.3, -0.25) is 4.79 Å². The topological polar surface area (TPSA) is 46.6 Å². The van der Waals surface area contributed by atoms with Crippen LogP contribution in [0.15, 0.2) is 28.2 Å². The van der Waals surface area contributed by atoms with Gasteiger partial charge in [-0.05, 0) is 18.2 Å². The second-order valence-electron chi connectivity index (χ2n) is 4.00. The molecule has 1 amide bonds. The van der Waals surface area contributed by atoms with E-state index < -0.39 is 5.97 Å². The molecule has 0 fully saturated rings. The summed E-state index contributed by atoms with van der Waals surface area (Å²) in [6.07, 6.45) is 0. The van der Waals surface area contributed by atoms with Crippen molar-refractivity contribution in [3.8, 4) is 0 Å². The molecule has 0 saturated carbocycles. The fourth-order valence-corrected chi connectivity index (χ4v) is 2.90. The van der Waals surface area contributed by atoms with Gasteiger partial charge in [0.1, 0.15) is 0 Å². The maximum atomic E-state index is 12.3. The number of esters is 1. The van der Waals surface area contributed by atoms with Crippen LogP contribution in [0.25, 0.3) is 5.57 Å². The molecule has 2 rings (SSSR count). The number of anilines is 1. The molecule has 100 valence electrons. The molecule has 0 bridgehead atoms. The first-order valence-electron chi connectivity index (χ1n) is 5.46. The number of ether oxygens (including phenoxy) is 1.